The Balaban J connectivity index is 1.70. The van der Waals surface area contributed by atoms with Crippen LogP contribution in [0.15, 0.2) is 54.6 Å². The molecule has 136 valence electrons. The van der Waals surface area contributed by atoms with E-state index in [1.54, 1.807) is 4.57 Å². The van der Waals surface area contributed by atoms with Crippen LogP contribution in [0.1, 0.15) is 30.3 Å². The Kier molecular flexibility index (Phi) is 6.18. The summed E-state index contributed by atoms with van der Waals surface area (Å²) in [5.74, 6) is 6.87. The van der Waals surface area contributed by atoms with E-state index < -0.39 is 0 Å². The summed E-state index contributed by atoms with van der Waals surface area (Å²) in [7, 11) is 0. The number of benzene rings is 2. The first kappa shape index (κ1) is 18.6. The zero-order valence-corrected chi connectivity index (χ0v) is 15.8. The van der Waals surface area contributed by atoms with E-state index in [0.29, 0.717) is 10.5 Å². The van der Waals surface area contributed by atoms with Gasteiger partial charge in [-0.25, -0.2) is 0 Å². The van der Waals surface area contributed by atoms with Crippen LogP contribution in [-0.4, -0.2) is 20.7 Å². The van der Waals surface area contributed by atoms with Crippen molar-refractivity contribution in [3.05, 3.63) is 76.3 Å². The maximum Gasteiger partial charge on any atom is 0.244 e. The van der Waals surface area contributed by atoms with Gasteiger partial charge in [0.05, 0.1) is 0 Å². The predicted octanol–water partition coefficient (Wildman–Crippen LogP) is 3.93. The summed E-state index contributed by atoms with van der Waals surface area (Å²) < 4.78 is 2.18. The lowest BCUT2D eigenvalue weighted by atomic mass is 10.1. The van der Waals surface area contributed by atoms with Gasteiger partial charge in [0.15, 0.2) is 4.77 Å². The van der Waals surface area contributed by atoms with Gasteiger partial charge in [0.25, 0.3) is 0 Å². The van der Waals surface area contributed by atoms with Crippen LogP contribution >= 0.6 is 12.2 Å². The lowest BCUT2D eigenvalue weighted by Gasteiger charge is -2.08. The Morgan fingerprint density at radius 1 is 1.15 bits per heavy atom. The van der Waals surface area contributed by atoms with E-state index in [9.17, 15) is 4.79 Å². The molecule has 0 radical (unpaired) electrons. The summed E-state index contributed by atoms with van der Waals surface area (Å²) in [5, 5.41) is 9.83. The average molecular weight is 376 g/mol. The lowest BCUT2D eigenvalue weighted by molar-refractivity contribution is -0.116. The van der Waals surface area contributed by atoms with Crippen molar-refractivity contribution in [3.8, 4) is 11.8 Å². The first-order valence-electron chi connectivity index (χ1n) is 8.77. The van der Waals surface area contributed by atoms with E-state index in [4.69, 9.17) is 12.2 Å². The molecule has 5 nitrogen and oxygen atoms in total. The molecule has 0 bridgehead atoms. The van der Waals surface area contributed by atoms with Crippen molar-refractivity contribution < 1.29 is 4.79 Å². The highest BCUT2D eigenvalue weighted by Crippen LogP contribution is 2.11. The molecule has 2 aromatic carbocycles. The zero-order valence-electron chi connectivity index (χ0n) is 15.0. The third kappa shape index (κ3) is 5.16. The van der Waals surface area contributed by atoms with E-state index in [1.165, 1.54) is 0 Å². The van der Waals surface area contributed by atoms with Crippen LogP contribution in [0.3, 0.4) is 0 Å². The molecule has 0 atom stereocenters. The van der Waals surface area contributed by atoms with Crippen molar-refractivity contribution in [2.75, 3.05) is 5.32 Å². The number of nitrogens with one attached hydrogen (secondary N) is 2. The highest BCUT2D eigenvalue weighted by Gasteiger charge is 2.10. The molecular weight excluding hydrogens is 356 g/mol. The first-order chi connectivity index (χ1) is 13.2. The molecule has 0 aliphatic rings. The van der Waals surface area contributed by atoms with Gasteiger partial charge in [-0.05, 0) is 49.0 Å². The molecule has 6 heteroatoms. The summed E-state index contributed by atoms with van der Waals surface area (Å²) in [6.07, 6.45) is 1.70. The second-order valence-corrected chi connectivity index (χ2v) is 6.41. The number of H-pyrrole nitrogens is 1. The number of anilines is 1. The van der Waals surface area contributed by atoms with Gasteiger partial charge in [-0.2, -0.15) is 5.10 Å². The average Bonchev–Trinajstić information content (AvgIpc) is 3.01. The Labute approximate surface area is 163 Å². The molecule has 3 aromatic rings. The Bertz CT molecular complexity index is 1040. The third-order valence-electron chi connectivity index (χ3n) is 3.88. The van der Waals surface area contributed by atoms with Crippen molar-refractivity contribution in [1.82, 2.24) is 14.8 Å². The molecule has 1 amide bonds. The van der Waals surface area contributed by atoms with Gasteiger partial charge >= 0.3 is 0 Å². The van der Waals surface area contributed by atoms with Crippen molar-refractivity contribution in [1.29, 1.82) is 0 Å². The molecule has 0 aliphatic heterocycles. The molecule has 3 rings (SSSR count). The minimum atomic E-state index is -0.155. The standard InChI is InChI=1S/C21H20N4OS/c1-2-7-19-23-24-21(27)25(19)15-20(26)22-18-11-6-10-17(14-18)13-12-16-8-4-3-5-9-16/h3-6,8-11,14H,2,7,15H2,1H3,(H,22,26)(H,24,27). The maximum absolute atomic E-state index is 12.4. The van der Waals surface area contributed by atoms with E-state index >= 15 is 0 Å². The van der Waals surface area contributed by atoms with E-state index in [1.807, 2.05) is 54.6 Å². The van der Waals surface area contributed by atoms with Gasteiger partial charge in [0, 0.05) is 23.2 Å². The van der Waals surface area contributed by atoms with Crippen LogP contribution < -0.4 is 5.32 Å². The highest BCUT2D eigenvalue weighted by molar-refractivity contribution is 7.71. The number of aryl methyl sites for hydroxylation is 1. The van der Waals surface area contributed by atoms with Gasteiger partial charge in [-0.1, -0.05) is 43.0 Å². The minimum absolute atomic E-state index is 0.130. The number of hydrogen-bond acceptors (Lipinski definition) is 3. The van der Waals surface area contributed by atoms with Gasteiger partial charge in [0.2, 0.25) is 5.91 Å². The largest absolute Gasteiger partial charge is 0.324 e. The predicted molar refractivity (Wildman–Crippen MR) is 109 cm³/mol. The van der Waals surface area contributed by atoms with Gasteiger partial charge in [0.1, 0.15) is 12.4 Å². The fourth-order valence-corrected chi connectivity index (χ4v) is 2.83. The van der Waals surface area contributed by atoms with Crippen LogP contribution in [0.25, 0.3) is 0 Å². The number of nitrogens with zero attached hydrogens (tertiary/aromatic N) is 2. The molecule has 0 saturated carbocycles. The number of aromatic nitrogens is 3. The Morgan fingerprint density at radius 2 is 1.89 bits per heavy atom. The molecular formula is C21H20N4OS. The summed E-state index contributed by atoms with van der Waals surface area (Å²) >= 11 is 5.22. The fraction of sp³-hybridized carbons (Fsp3) is 0.190. The molecule has 1 heterocycles. The summed E-state index contributed by atoms with van der Waals surface area (Å²) in [6, 6.07) is 17.3. The Morgan fingerprint density at radius 3 is 2.67 bits per heavy atom. The second kappa shape index (κ2) is 8.97. The number of aromatic amines is 1. The first-order valence-corrected chi connectivity index (χ1v) is 9.17. The van der Waals surface area contributed by atoms with Gasteiger partial charge in [-0.15, -0.1) is 0 Å². The molecule has 27 heavy (non-hydrogen) atoms. The minimum Gasteiger partial charge on any atom is -0.324 e. The summed E-state index contributed by atoms with van der Waals surface area (Å²) in [6.45, 7) is 2.19. The second-order valence-electron chi connectivity index (χ2n) is 6.03. The number of carbonyl (C=O) groups is 1. The monoisotopic (exact) mass is 376 g/mol. The Hall–Kier alpha value is -3.17. The van der Waals surface area contributed by atoms with Crippen molar-refractivity contribution in [2.24, 2.45) is 0 Å². The lowest BCUT2D eigenvalue weighted by Crippen LogP contribution is -2.20. The smallest absolute Gasteiger partial charge is 0.244 e. The van der Waals surface area contributed by atoms with E-state index in [-0.39, 0.29) is 12.5 Å². The van der Waals surface area contributed by atoms with Gasteiger partial charge in [-0.3, -0.25) is 14.5 Å². The molecule has 0 spiro atoms. The number of amides is 1. The quantitative estimate of drug-likeness (QED) is 0.524. The molecule has 0 unspecified atom stereocenters. The molecule has 0 saturated heterocycles. The summed E-state index contributed by atoms with van der Waals surface area (Å²) in [5.41, 5.74) is 2.49. The van der Waals surface area contributed by atoms with Crippen LogP contribution in [0.4, 0.5) is 5.69 Å². The van der Waals surface area contributed by atoms with Crippen molar-refractivity contribution in [3.63, 3.8) is 0 Å². The van der Waals surface area contributed by atoms with Crippen molar-refractivity contribution in [2.45, 2.75) is 26.3 Å². The van der Waals surface area contributed by atoms with Gasteiger partial charge < -0.3 is 5.32 Å². The number of hydrogen-bond donors (Lipinski definition) is 2. The topological polar surface area (TPSA) is 62.7 Å². The highest BCUT2D eigenvalue weighted by atomic mass is 32.1. The molecule has 0 fully saturated rings. The van der Waals surface area contributed by atoms with E-state index in [0.717, 1.165) is 29.8 Å². The van der Waals surface area contributed by atoms with E-state index in [2.05, 4.69) is 34.3 Å². The van der Waals surface area contributed by atoms with Crippen molar-refractivity contribution >= 4 is 23.8 Å². The molecule has 1 aromatic heterocycles. The summed E-state index contributed by atoms with van der Waals surface area (Å²) in [4.78, 5) is 12.4. The van der Waals surface area contributed by atoms with Crippen LogP contribution in [0.5, 0.6) is 0 Å². The number of carbonyl (C=O) groups excluding carboxylic acids is 1. The van der Waals surface area contributed by atoms with Crippen LogP contribution in [-0.2, 0) is 17.8 Å². The van der Waals surface area contributed by atoms with Crippen LogP contribution in [0.2, 0.25) is 0 Å². The number of rotatable bonds is 5. The third-order valence-corrected chi connectivity index (χ3v) is 4.20. The van der Waals surface area contributed by atoms with Crippen LogP contribution in [0, 0.1) is 16.6 Å². The SMILES string of the molecule is CCCc1n[nH]c(=S)n1CC(=O)Nc1cccc(C#Cc2ccccc2)c1. The molecule has 2 N–H and O–H groups in total. The molecule has 0 aliphatic carbocycles. The normalized spacial score (nSPS) is 10.1. The fourth-order valence-electron chi connectivity index (χ4n) is 2.61. The zero-order chi connectivity index (χ0) is 19.1. The maximum atomic E-state index is 12.4.